The molecule has 0 aromatic carbocycles. The Morgan fingerprint density at radius 3 is 3.12 bits per heavy atom. The number of aromatic nitrogens is 3. The Hall–Kier alpha value is -2.45. The van der Waals surface area contributed by atoms with Crippen LogP contribution in [0.4, 0.5) is 0 Å². The second kappa shape index (κ2) is 8.09. The van der Waals surface area contributed by atoms with Crippen molar-refractivity contribution in [3.8, 4) is 5.75 Å². The maximum absolute atomic E-state index is 11.0. The van der Waals surface area contributed by atoms with E-state index >= 15 is 0 Å². The molecule has 0 amide bonds. The number of nitrogens with zero attached hydrogens (tertiary/aromatic N) is 3. The average molecular weight is 346 g/mol. The molecule has 1 unspecified atom stereocenters. The highest BCUT2D eigenvalue weighted by Crippen LogP contribution is 2.20. The highest BCUT2D eigenvalue weighted by atomic mass is 16.5. The second-order valence-corrected chi connectivity index (χ2v) is 6.08. The standard InChI is InChI=1S/C17H22N4O4/c1-21-14(6-15(20-21)17(22)23)8-19-7-13-2-4-18-9-16(13)25-11-12-3-5-24-10-12/h2,4,6,9,12,19H,3,5,7-8,10-11H2,1H3,(H,22,23). The van der Waals surface area contributed by atoms with E-state index in [0.717, 1.165) is 36.6 Å². The lowest BCUT2D eigenvalue weighted by Crippen LogP contribution is -2.17. The van der Waals surface area contributed by atoms with E-state index in [9.17, 15) is 4.79 Å². The largest absolute Gasteiger partial charge is 0.491 e. The monoisotopic (exact) mass is 346 g/mol. The summed E-state index contributed by atoms with van der Waals surface area (Å²) in [6, 6.07) is 3.48. The van der Waals surface area contributed by atoms with Crippen molar-refractivity contribution >= 4 is 5.97 Å². The maximum Gasteiger partial charge on any atom is 0.356 e. The SMILES string of the molecule is Cn1nc(C(=O)O)cc1CNCc1ccncc1OCC1CCOC1. The van der Waals surface area contributed by atoms with Gasteiger partial charge in [0, 0.05) is 44.4 Å². The summed E-state index contributed by atoms with van der Waals surface area (Å²) in [6.45, 7) is 3.28. The molecule has 1 fully saturated rings. The summed E-state index contributed by atoms with van der Waals surface area (Å²) in [6.07, 6.45) is 4.48. The number of carbonyl (C=O) groups is 1. The van der Waals surface area contributed by atoms with E-state index < -0.39 is 5.97 Å². The van der Waals surface area contributed by atoms with E-state index in [1.54, 1.807) is 30.2 Å². The molecule has 1 aliphatic rings. The lowest BCUT2D eigenvalue weighted by atomic mass is 10.1. The zero-order valence-electron chi connectivity index (χ0n) is 14.1. The van der Waals surface area contributed by atoms with Crippen LogP contribution in [0.1, 0.15) is 28.2 Å². The van der Waals surface area contributed by atoms with Gasteiger partial charge in [0.1, 0.15) is 5.75 Å². The van der Waals surface area contributed by atoms with E-state index in [1.807, 2.05) is 6.07 Å². The van der Waals surface area contributed by atoms with Crippen molar-refractivity contribution in [3.05, 3.63) is 41.5 Å². The minimum atomic E-state index is -1.03. The summed E-state index contributed by atoms with van der Waals surface area (Å²) >= 11 is 0. The number of pyridine rings is 1. The van der Waals surface area contributed by atoms with Gasteiger partial charge in [-0.15, -0.1) is 0 Å². The van der Waals surface area contributed by atoms with Crippen LogP contribution in [0.15, 0.2) is 24.5 Å². The molecule has 3 rings (SSSR count). The van der Waals surface area contributed by atoms with Crippen molar-refractivity contribution in [2.75, 3.05) is 19.8 Å². The lowest BCUT2D eigenvalue weighted by molar-refractivity contribution is 0.0689. The van der Waals surface area contributed by atoms with Gasteiger partial charge in [-0.2, -0.15) is 5.10 Å². The fourth-order valence-electron chi connectivity index (χ4n) is 2.71. The lowest BCUT2D eigenvalue weighted by Gasteiger charge is -2.14. The summed E-state index contributed by atoms with van der Waals surface area (Å²) in [5.74, 6) is 0.172. The molecule has 3 heterocycles. The third-order valence-corrected chi connectivity index (χ3v) is 4.19. The molecule has 8 nitrogen and oxygen atoms in total. The van der Waals surface area contributed by atoms with Gasteiger partial charge in [-0.25, -0.2) is 4.79 Å². The topological polar surface area (TPSA) is 98.5 Å². The molecular weight excluding hydrogens is 324 g/mol. The minimum absolute atomic E-state index is 0.0472. The van der Waals surface area contributed by atoms with Crippen LogP contribution in [-0.2, 0) is 24.9 Å². The van der Waals surface area contributed by atoms with Crippen molar-refractivity contribution in [2.24, 2.45) is 13.0 Å². The molecule has 1 saturated heterocycles. The van der Waals surface area contributed by atoms with Crippen molar-refractivity contribution in [2.45, 2.75) is 19.5 Å². The number of carboxylic acid groups (broad SMARTS) is 1. The predicted octanol–water partition coefficient (Wildman–Crippen LogP) is 1.22. The van der Waals surface area contributed by atoms with Gasteiger partial charge < -0.3 is 19.9 Å². The molecule has 25 heavy (non-hydrogen) atoms. The molecule has 134 valence electrons. The zero-order chi connectivity index (χ0) is 17.6. The Balaban J connectivity index is 1.55. The molecule has 2 aromatic rings. The molecule has 0 spiro atoms. The minimum Gasteiger partial charge on any atom is -0.491 e. The van der Waals surface area contributed by atoms with Crippen LogP contribution in [0.2, 0.25) is 0 Å². The summed E-state index contributed by atoms with van der Waals surface area (Å²) in [5.41, 5.74) is 1.86. The van der Waals surface area contributed by atoms with E-state index in [0.29, 0.717) is 25.6 Å². The Bertz CT molecular complexity index is 725. The number of hydrogen-bond donors (Lipinski definition) is 2. The first-order chi connectivity index (χ1) is 12.1. The van der Waals surface area contributed by atoms with Crippen LogP contribution >= 0.6 is 0 Å². The third kappa shape index (κ3) is 4.55. The van der Waals surface area contributed by atoms with Gasteiger partial charge in [0.2, 0.25) is 0 Å². The third-order valence-electron chi connectivity index (χ3n) is 4.19. The fraction of sp³-hybridized carbons (Fsp3) is 0.471. The number of nitrogens with one attached hydrogen (secondary N) is 1. The van der Waals surface area contributed by atoms with Crippen molar-refractivity contribution in [1.82, 2.24) is 20.1 Å². The van der Waals surface area contributed by atoms with Gasteiger partial charge in [0.05, 0.1) is 25.1 Å². The van der Waals surface area contributed by atoms with Gasteiger partial charge in [0.25, 0.3) is 0 Å². The Morgan fingerprint density at radius 1 is 1.52 bits per heavy atom. The molecule has 0 aliphatic carbocycles. The first-order valence-corrected chi connectivity index (χ1v) is 8.24. The summed E-state index contributed by atoms with van der Waals surface area (Å²) in [4.78, 5) is 15.1. The van der Waals surface area contributed by atoms with Gasteiger partial charge in [-0.3, -0.25) is 9.67 Å². The number of aromatic carboxylic acids is 1. The smallest absolute Gasteiger partial charge is 0.356 e. The molecule has 0 saturated carbocycles. The van der Waals surface area contributed by atoms with Crippen LogP contribution in [0.25, 0.3) is 0 Å². The van der Waals surface area contributed by atoms with Crippen LogP contribution < -0.4 is 10.1 Å². The molecular formula is C17H22N4O4. The first-order valence-electron chi connectivity index (χ1n) is 8.24. The number of ether oxygens (including phenoxy) is 2. The Kier molecular flexibility index (Phi) is 5.62. The average Bonchev–Trinajstić information content (AvgIpc) is 3.24. The van der Waals surface area contributed by atoms with E-state index in [1.165, 1.54) is 0 Å². The highest BCUT2D eigenvalue weighted by molar-refractivity contribution is 5.85. The fourth-order valence-corrected chi connectivity index (χ4v) is 2.71. The van der Waals surface area contributed by atoms with E-state index in [-0.39, 0.29) is 5.69 Å². The number of carboxylic acids is 1. The molecule has 1 aliphatic heterocycles. The van der Waals surface area contributed by atoms with Gasteiger partial charge in [-0.05, 0) is 18.6 Å². The quantitative estimate of drug-likeness (QED) is 0.741. The van der Waals surface area contributed by atoms with Gasteiger partial charge >= 0.3 is 5.97 Å². The Morgan fingerprint density at radius 2 is 2.40 bits per heavy atom. The second-order valence-electron chi connectivity index (χ2n) is 6.08. The highest BCUT2D eigenvalue weighted by Gasteiger charge is 2.17. The van der Waals surface area contributed by atoms with Crippen LogP contribution in [0, 0.1) is 5.92 Å². The van der Waals surface area contributed by atoms with Crippen LogP contribution in [0.3, 0.4) is 0 Å². The normalized spacial score (nSPS) is 16.9. The van der Waals surface area contributed by atoms with Crippen molar-refractivity contribution < 1.29 is 19.4 Å². The molecule has 0 radical (unpaired) electrons. The number of aryl methyl sites for hydroxylation is 1. The van der Waals surface area contributed by atoms with Crippen LogP contribution in [0.5, 0.6) is 5.75 Å². The molecule has 1 atom stereocenters. The number of hydrogen-bond acceptors (Lipinski definition) is 6. The molecule has 2 N–H and O–H groups in total. The molecule has 8 heteroatoms. The summed E-state index contributed by atoms with van der Waals surface area (Å²) in [7, 11) is 1.73. The zero-order valence-corrected chi connectivity index (χ0v) is 14.1. The number of rotatable bonds is 8. The van der Waals surface area contributed by atoms with Crippen LogP contribution in [-0.4, -0.2) is 45.7 Å². The summed E-state index contributed by atoms with van der Waals surface area (Å²) < 4.78 is 12.8. The predicted molar refractivity (Wildman–Crippen MR) is 89.4 cm³/mol. The maximum atomic E-state index is 11.0. The van der Waals surface area contributed by atoms with Gasteiger partial charge in [-0.1, -0.05) is 0 Å². The molecule has 2 aromatic heterocycles. The van der Waals surface area contributed by atoms with E-state index in [2.05, 4.69) is 15.4 Å². The molecule has 0 bridgehead atoms. The van der Waals surface area contributed by atoms with Gasteiger partial charge in [0.15, 0.2) is 5.69 Å². The van der Waals surface area contributed by atoms with Crippen molar-refractivity contribution in [3.63, 3.8) is 0 Å². The van der Waals surface area contributed by atoms with Crippen molar-refractivity contribution in [1.29, 1.82) is 0 Å². The first kappa shape index (κ1) is 17.4. The Labute approximate surface area is 145 Å². The van der Waals surface area contributed by atoms with E-state index in [4.69, 9.17) is 14.6 Å². The summed E-state index contributed by atoms with van der Waals surface area (Å²) in [5, 5.41) is 16.2.